The van der Waals surface area contributed by atoms with Crippen molar-refractivity contribution >= 4 is 29.3 Å². The molecule has 4 amide bonds. The number of aryl methyl sites for hydroxylation is 2. The largest absolute Gasteiger partial charge is 0.289 e. The minimum absolute atomic E-state index is 0.270. The number of amides is 4. The van der Waals surface area contributed by atoms with Crippen molar-refractivity contribution in [2.75, 3.05) is 4.90 Å². The van der Waals surface area contributed by atoms with Gasteiger partial charge in [0.25, 0.3) is 23.6 Å². The Morgan fingerprint density at radius 3 is 1.94 bits per heavy atom. The molecule has 2 heterocycles. The number of imide groups is 2. The van der Waals surface area contributed by atoms with E-state index in [1.54, 1.807) is 6.07 Å². The number of hydrogen-bond donors (Lipinski definition) is 1. The molecule has 0 fully saturated rings. The average Bonchev–Trinajstić information content (AvgIpc) is 3.22. The molecule has 0 aromatic heterocycles. The smallest absolute Gasteiger partial charge is 0.258 e. The Balaban J connectivity index is 0.000000176. The highest BCUT2D eigenvalue weighted by atomic mass is 16.2. The lowest BCUT2D eigenvalue weighted by Crippen LogP contribution is -2.30. The van der Waals surface area contributed by atoms with Gasteiger partial charge in [0.05, 0.1) is 5.69 Å². The molecule has 0 atom stereocenters. The molecular formula is C25H24N2O4. The van der Waals surface area contributed by atoms with Crippen LogP contribution in [-0.4, -0.2) is 23.6 Å². The number of anilines is 1. The third-order valence-corrected chi connectivity index (χ3v) is 5.56. The molecule has 2 aromatic rings. The van der Waals surface area contributed by atoms with Crippen LogP contribution >= 0.6 is 0 Å². The molecule has 31 heavy (non-hydrogen) atoms. The summed E-state index contributed by atoms with van der Waals surface area (Å²) in [6.07, 6.45) is 4.49. The van der Waals surface area contributed by atoms with Gasteiger partial charge in [-0.1, -0.05) is 30.3 Å². The molecule has 6 nitrogen and oxygen atoms in total. The molecule has 6 heteroatoms. The highest BCUT2D eigenvalue weighted by Gasteiger charge is 2.26. The van der Waals surface area contributed by atoms with E-state index in [2.05, 4.69) is 5.32 Å². The number of rotatable bonds is 3. The van der Waals surface area contributed by atoms with Crippen molar-refractivity contribution in [1.29, 1.82) is 0 Å². The van der Waals surface area contributed by atoms with Crippen LogP contribution in [0.15, 0.2) is 60.2 Å². The van der Waals surface area contributed by atoms with Gasteiger partial charge in [-0.3, -0.25) is 24.5 Å². The number of carbonyl (C=O) groups is 4. The summed E-state index contributed by atoms with van der Waals surface area (Å²) >= 11 is 0. The summed E-state index contributed by atoms with van der Waals surface area (Å²) < 4.78 is 0. The lowest BCUT2D eigenvalue weighted by molar-refractivity contribution is -0.124. The third-order valence-electron chi connectivity index (χ3n) is 5.56. The summed E-state index contributed by atoms with van der Waals surface area (Å²) in [5.74, 6) is -1.13. The predicted molar refractivity (Wildman–Crippen MR) is 118 cm³/mol. The second-order valence-corrected chi connectivity index (χ2v) is 7.59. The normalized spacial score (nSPS) is 15.1. The first-order valence-electron chi connectivity index (χ1n) is 9.92. The van der Waals surface area contributed by atoms with Crippen molar-refractivity contribution in [3.63, 3.8) is 0 Å². The van der Waals surface area contributed by atoms with Gasteiger partial charge in [0.1, 0.15) is 0 Å². The SMILES string of the molecule is Cc1cccc(CC2=CC(=O)NC2=O)c1C.Cc1cccc(N2C(=O)C=CC2=O)c1C. The zero-order valence-electron chi connectivity index (χ0n) is 18.0. The van der Waals surface area contributed by atoms with E-state index in [4.69, 9.17) is 0 Å². The van der Waals surface area contributed by atoms with Crippen LogP contribution in [0.3, 0.4) is 0 Å². The Hall–Kier alpha value is -3.80. The predicted octanol–water partition coefficient (Wildman–Crippen LogP) is 3.16. The van der Waals surface area contributed by atoms with Crippen molar-refractivity contribution in [1.82, 2.24) is 5.32 Å². The Kier molecular flexibility index (Phi) is 6.30. The van der Waals surface area contributed by atoms with E-state index in [9.17, 15) is 19.2 Å². The summed E-state index contributed by atoms with van der Waals surface area (Å²) in [7, 11) is 0. The minimum atomic E-state index is -0.315. The highest BCUT2D eigenvalue weighted by Crippen LogP contribution is 2.25. The zero-order chi connectivity index (χ0) is 22.7. The van der Waals surface area contributed by atoms with E-state index >= 15 is 0 Å². The molecular weight excluding hydrogens is 392 g/mol. The van der Waals surface area contributed by atoms with Crippen LogP contribution in [0.25, 0.3) is 0 Å². The lowest BCUT2D eigenvalue weighted by atomic mass is 9.97. The number of hydrogen-bond acceptors (Lipinski definition) is 4. The van der Waals surface area contributed by atoms with Crippen LogP contribution in [0.1, 0.15) is 27.8 Å². The van der Waals surface area contributed by atoms with Gasteiger partial charge >= 0.3 is 0 Å². The van der Waals surface area contributed by atoms with Gasteiger partial charge in [0, 0.05) is 30.2 Å². The van der Waals surface area contributed by atoms with E-state index in [-0.39, 0.29) is 23.6 Å². The molecule has 0 unspecified atom stereocenters. The summed E-state index contributed by atoms with van der Waals surface area (Å²) in [5.41, 5.74) is 6.71. The maximum atomic E-state index is 11.5. The molecule has 0 aliphatic carbocycles. The van der Waals surface area contributed by atoms with Crippen molar-refractivity contribution in [3.8, 4) is 0 Å². The average molecular weight is 416 g/mol. The van der Waals surface area contributed by atoms with Gasteiger partial charge in [-0.05, 0) is 61.6 Å². The van der Waals surface area contributed by atoms with E-state index in [0.717, 1.165) is 16.7 Å². The molecule has 2 aromatic carbocycles. The number of nitrogens with zero attached hydrogens (tertiary/aromatic N) is 1. The standard InChI is InChI=1S/C13H13NO2.C12H11NO2/c1-8-4-3-5-10(9(8)2)6-11-7-12(15)14-13(11)16;1-8-4-3-5-10(9(8)2)13-11(14)6-7-12(13)15/h3-5,7H,6H2,1-2H3,(H,14,15,16);3-7H,1-2H3. The second-order valence-electron chi connectivity index (χ2n) is 7.59. The molecule has 4 rings (SSSR count). The monoisotopic (exact) mass is 416 g/mol. The van der Waals surface area contributed by atoms with Crippen LogP contribution in [0.5, 0.6) is 0 Å². The number of nitrogens with one attached hydrogen (secondary N) is 1. The van der Waals surface area contributed by atoms with Crippen molar-refractivity contribution in [2.24, 2.45) is 0 Å². The first kappa shape index (κ1) is 21.9. The molecule has 0 bridgehead atoms. The molecule has 158 valence electrons. The molecule has 1 N–H and O–H groups in total. The summed E-state index contributed by atoms with van der Waals surface area (Å²) in [6.45, 7) is 7.92. The lowest BCUT2D eigenvalue weighted by Gasteiger charge is -2.17. The fourth-order valence-electron chi connectivity index (χ4n) is 3.41. The molecule has 0 radical (unpaired) electrons. The molecule has 2 aliphatic rings. The van der Waals surface area contributed by atoms with Crippen molar-refractivity contribution in [3.05, 3.63) is 88.0 Å². The molecule has 0 saturated heterocycles. The zero-order valence-corrected chi connectivity index (χ0v) is 18.0. The number of carbonyl (C=O) groups excluding carboxylic acids is 4. The van der Waals surface area contributed by atoms with Crippen molar-refractivity contribution in [2.45, 2.75) is 34.1 Å². The maximum absolute atomic E-state index is 11.5. The third kappa shape index (κ3) is 4.69. The van der Waals surface area contributed by atoms with Gasteiger partial charge in [-0.2, -0.15) is 0 Å². The minimum Gasteiger partial charge on any atom is -0.289 e. The van der Waals surface area contributed by atoms with Gasteiger partial charge in [-0.25, -0.2) is 4.90 Å². The van der Waals surface area contributed by atoms with E-state index in [1.807, 2.05) is 58.0 Å². The Morgan fingerprint density at radius 2 is 1.35 bits per heavy atom. The summed E-state index contributed by atoms with van der Waals surface area (Å²) in [5, 5.41) is 2.25. The molecule has 0 saturated carbocycles. The van der Waals surface area contributed by atoms with Crippen LogP contribution in [-0.2, 0) is 25.6 Å². The summed E-state index contributed by atoms with van der Waals surface area (Å²) in [6, 6.07) is 11.6. The van der Waals surface area contributed by atoms with E-state index in [0.29, 0.717) is 17.7 Å². The Bertz CT molecular complexity index is 1140. The van der Waals surface area contributed by atoms with Crippen LogP contribution < -0.4 is 10.2 Å². The van der Waals surface area contributed by atoms with Gasteiger partial charge in [0.15, 0.2) is 0 Å². The van der Waals surface area contributed by atoms with E-state index < -0.39 is 0 Å². The second kappa shape index (κ2) is 8.92. The number of benzene rings is 2. The van der Waals surface area contributed by atoms with Crippen LogP contribution in [0.2, 0.25) is 0 Å². The molecule has 2 aliphatic heterocycles. The van der Waals surface area contributed by atoms with Gasteiger partial charge < -0.3 is 0 Å². The quantitative estimate of drug-likeness (QED) is 0.779. The molecule has 0 spiro atoms. The van der Waals surface area contributed by atoms with Crippen LogP contribution in [0, 0.1) is 27.7 Å². The maximum Gasteiger partial charge on any atom is 0.258 e. The fourth-order valence-corrected chi connectivity index (χ4v) is 3.41. The Labute approximate surface area is 181 Å². The summed E-state index contributed by atoms with van der Waals surface area (Å²) in [4.78, 5) is 46.5. The van der Waals surface area contributed by atoms with E-state index in [1.165, 1.54) is 34.3 Å². The Morgan fingerprint density at radius 1 is 0.774 bits per heavy atom. The highest BCUT2D eigenvalue weighted by molar-refractivity contribution is 6.28. The van der Waals surface area contributed by atoms with Gasteiger partial charge in [-0.15, -0.1) is 0 Å². The first-order valence-corrected chi connectivity index (χ1v) is 9.92. The fraction of sp³-hybridized carbons (Fsp3) is 0.200. The van der Waals surface area contributed by atoms with Crippen LogP contribution in [0.4, 0.5) is 5.69 Å². The van der Waals surface area contributed by atoms with Gasteiger partial charge in [0.2, 0.25) is 0 Å². The topological polar surface area (TPSA) is 83.6 Å². The van der Waals surface area contributed by atoms with Crippen molar-refractivity contribution < 1.29 is 19.2 Å². The first-order chi connectivity index (χ1) is 14.7.